The maximum absolute atomic E-state index is 5.63. The number of rotatable bonds is 7. The van der Waals surface area contributed by atoms with Crippen LogP contribution < -0.4 is 5.51 Å². The van der Waals surface area contributed by atoms with Crippen molar-refractivity contribution in [2.45, 2.75) is 138 Å². The monoisotopic (exact) mass is 519 g/mol. The van der Waals surface area contributed by atoms with Gasteiger partial charge in [0.15, 0.2) is 13.6 Å². The SMILES string of the molecule is CC(C)[Si](c1ncco1)(C(C)C)C(C)C.CCCC.CCCC.CCCC.[Sn]. The van der Waals surface area contributed by atoms with Crippen LogP contribution in [0, 0.1) is 0 Å². The van der Waals surface area contributed by atoms with E-state index in [9.17, 15) is 0 Å². The first-order valence-electron chi connectivity index (χ1n) is 11.6. The smallest absolute Gasteiger partial charge is 0.167 e. The van der Waals surface area contributed by atoms with Gasteiger partial charge < -0.3 is 4.42 Å². The molecule has 0 unspecified atom stereocenters. The van der Waals surface area contributed by atoms with Gasteiger partial charge in [-0.2, -0.15) is 0 Å². The van der Waals surface area contributed by atoms with E-state index in [4.69, 9.17) is 4.42 Å². The molecule has 0 amide bonds. The van der Waals surface area contributed by atoms with Crippen LogP contribution in [0.5, 0.6) is 0 Å². The minimum Gasteiger partial charge on any atom is -0.454 e. The number of aromatic nitrogens is 1. The van der Waals surface area contributed by atoms with Crippen molar-refractivity contribution in [2.24, 2.45) is 0 Å². The largest absolute Gasteiger partial charge is 0.454 e. The standard InChI is InChI=1S/C12H23NOSi.3C4H10.Sn/c1-9(2)15(10(3)4,11(5)6)12-13-7-8-14-12;3*1-3-4-2;/h7-11H,1-6H3;3*3-4H2,1-2H3;. The van der Waals surface area contributed by atoms with Crippen LogP contribution in [0.2, 0.25) is 16.6 Å². The minimum atomic E-state index is -1.63. The van der Waals surface area contributed by atoms with Gasteiger partial charge in [0.25, 0.3) is 0 Å². The second-order valence-corrected chi connectivity index (χ2v) is 14.0. The Hall–Kier alpha value is 0.226. The Kier molecular flexibility index (Phi) is 29.9. The number of oxazole rings is 1. The predicted octanol–water partition coefficient (Wildman–Crippen LogP) is 8.60. The number of nitrogens with zero attached hydrogens (tertiary/aromatic N) is 1. The Morgan fingerprint density at radius 1 is 0.679 bits per heavy atom. The van der Waals surface area contributed by atoms with Gasteiger partial charge in [0.2, 0.25) is 0 Å². The van der Waals surface area contributed by atoms with Crippen LogP contribution in [0.25, 0.3) is 0 Å². The maximum Gasteiger partial charge on any atom is 0.167 e. The Morgan fingerprint density at radius 2 is 0.964 bits per heavy atom. The van der Waals surface area contributed by atoms with Gasteiger partial charge in [0.1, 0.15) is 6.26 Å². The van der Waals surface area contributed by atoms with Gasteiger partial charge in [0.05, 0.1) is 6.20 Å². The number of hydrogen-bond donors (Lipinski definition) is 0. The summed E-state index contributed by atoms with van der Waals surface area (Å²) < 4.78 is 5.63. The van der Waals surface area contributed by atoms with Crippen molar-refractivity contribution in [1.29, 1.82) is 0 Å². The molecule has 0 saturated heterocycles. The summed E-state index contributed by atoms with van der Waals surface area (Å²) in [6.45, 7) is 27.0. The van der Waals surface area contributed by atoms with E-state index in [0.717, 1.165) is 5.51 Å². The van der Waals surface area contributed by atoms with Gasteiger partial charge in [-0.1, -0.05) is 122 Å². The maximum atomic E-state index is 5.63. The van der Waals surface area contributed by atoms with Crippen molar-refractivity contribution in [3.63, 3.8) is 0 Å². The van der Waals surface area contributed by atoms with E-state index >= 15 is 0 Å². The van der Waals surface area contributed by atoms with Crippen molar-refractivity contribution in [2.75, 3.05) is 0 Å². The molecule has 0 N–H and O–H groups in total. The summed E-state index contributed by atoms with van der Waals surface area (Å²) in [6.07, 6.45) is 11.4. The van der Waals surface area contributed by atoms with Gasteiger partial charge in [0, 0.05) is 23.9 Å². The van der Waals surface area contributed by atoms with E-state index in [0.29, 0.717) is 16.6 Å². The average Bonchev–Trinajstić information content (AvgIpc) is 3.16. The van der Waals surface area contributed by atoms with Crippen molar-refractivity contribution in [1.82, 2.24) is 4.98 Å². The molecule has 28 heavy (non-hydrogen) atoms. The second-order valence-electron chi connectivity index (χ2n) is 8.23. The van der Waals surface area contributed by atoms with E-state index in [1.54, 1.807) is 12.5 Å². The van der Waals surface area contributed by atoms with Crippen LogP contribution in [0.15, 0.2) is 16.9 Å². The molecule has 0 aliphatic carbocycles. The molecule has 1 aromatic heterocycles. The van der Waals surface area contributed by atoms with Gasteiger partial charge in [-0.15, -0.1) is 0 Å². The summed E-state index contributed by atoms with van der Waals surface area (Å²) in [5.74, 6) is 0. The topological polar surface area (TPSA) is 26.0 Å². The Morgan fingerprint density at radius 3 is 1.11 bits per heavy atom. The van der Waals surface area contributed by atoms with Crippen molar-refractivity contribution >= 4 is 37.5 Å². The zero-order chi connectivity index (χ0) is 21.9. The Balaban J connectivity index is -0.000000183. The van der Waals surface area contributed by atoms with E-state index in [-0.39, 0.29) is 23.9 Å². The summed E-state index contributed by atoms with van der Waals surface area (Å²) >= 11 is 0. The van der Waals surface area contributed by atoms with Crippen molar-refractivity contribution in [3.8, 4) is 0 Å². The molecule has 1 rings (SSSR count). The molecule has 0 saturated carbocycles. The Labute approximate surface area is 197 Å². The molecule has 1 heterocycles. The van der Waals surface area contributed by atoms with Crippen molar-refractivity contribution < 1.29 is 4.42 Å². The van der Waals surface area contributed by atoms with Gasteiger partial charge in [-0.05, 0) is 16.6 Å². The van der Waals surface area contributed by atoms with Crippen LogP contribution in [0.1, 0.15) is 122 Å². The fourth-order valence-electron chi connectivity index (χ4n) is 3.18. The summed E-state index contributed by atoms with van der Waals surface area (Å²) in [4.78, 5) is 4.45. The van der Waals surface area contributed by atoms with Crippen LogP contribution in [0.3, 0.4) is 0 Å². The van der Waals surface area contributed by atoms with E-state index in [1.165, 1.54) is 38.5 Å². The van der Waals surface area contributed by atoms with E-state index in [1.807, 2.05) is 0 Å². The third-order valence-corrected chi connectivity index (χ3v) is 11.9. The molecular weight excluding hydrogens is 465 g/mol. The molecule has 0 spiro atoms. The number of unbranched alkanes of at least 4 members (excludes halogenated alkanes) is 3. The molecule has 168 valence electrons. The van der Waals surface area contributed by atoms with Gasteiger partial charge in [-0.3, -0.25) is 0 Å². The number of hydrogen-bond acceptors (Lipinski definition) is 2. The molecule has 4 heteroatoms. The Bertz CT molecular complexity index is 341. The summed E-state index contributed by atoms with van der Waals surface area (Å²) in [5, 5.41) is 0. The molecule has 0 fully saturated rings. The zero-order valence-corrected chi connectivity index (χ0v) is 25.3. The molecule has 2 nitrogen and oxygen atoms in total. The first-order valence-corrected chi connectivity index (χ1v) is 13.8. The molecule has 0 aliphatic heterocycles. The van der Waals surface area contributed by atoms with Crippen molar-refractivity contribution in [3.05, 3.63) is 12.5 Å². The molecule has 1 aromatic rings. The normalized spacial score (nSPS) is 10.2. The van der Waals surface area contributed by atoms with Crippen LogP contribution in [-0.4, -0.2) is 37.0 Å². The predicted molar refractivity (Wildman–Crippen MR) is 135 cm³/mol. The third kappa shape index (κ3) is 14.2. The van der Waals surface area contributed by atoms with Crippen LogP contribution >= 0.6 is 0 Å². The average molecular weight is 518 g/mol. The summed E-state index contributed by atoms with van der Waals surface area (Å²) in [6, 6.07) is 0. The quantitative estimate of drug-likeness (QED) is 0.338. The van der Waals surface area contributed by atoms with Gasteiger partial charge in [-0.25, -0.2) is 4.98 Å². The van der Waals surface area contributed by atoms with E-state index in [2.05, 4.69) is 88.1 Å². The molecule has 0 aromatic carbocycles. The second kappa shape index (κ2) is 23.5. The molecule has 0 aliphatic rings. The third-order valence-electron chi connectivity index (χ3n) is 5.17. The minimum absolute atomic E-state index is 0. The fourth-order valence-corrected chi connectivity index (χ4v) is 9.23. The summed E-state index contributed by atoms with van der Waals surface area (Å²) in [5.41, 5.74) is 3.02. The molecule has 4 radical (unpaired) electrons. The van der Waals surface area contributed by atoms with Crippen LogP contribution in [-0.2, 0) is 0 Å². The van der Waals surface area contributed by atoms with E-state index < -0.39 is 8.07 Å². The fraction of sp³-hybridized carbons (Fsp3) is 0.875. The first kappa shape index (κ1) is 35.6. The molecule has 0 atom stereocenters. The first-order chi connectivity index (χ1) is 12.7. The zero-order valence-electron chi connectivity index (χ0n) is 21.5. The molecular formula is C24H53NOSiSn. The van der Waals surface area contributed by atoms with Gasteiger partial charge >= 0.3 is 0 Å². The van der Waals surface area contributed by atoms with Crippen LogP contribution in [0.4, 0.5) is 0 Å². The summed E-state index contributed by atoms with van der Waals surface area (Å²) in [7, 11) is -1.63. The molecule has 0 bridgehead atoms.